The maximum absolute atomic E-state index is 12.8. The summed E-state index contributed by atoms with van der Waals surface area (Å²) in [6, 6.07) is 0. The predicted octanol–water partition coefficient (Wildman–Crippen LogP) is 2.55. The highest BCUT2D eigenvalue weighted by Gasteiger charge is 2.72. The van der Waals surface area contributed by atoms with E-state index in [-0.39, 0.29) is 32.1 Å². The average molecular weight is 211 g/mol. The molecule has 1 unspecified atom stereocenters. The molecule has 82 valence electrons. The smallest absolute Gasteiger partial charge is 0.268 e. The van der Waals surface area contributed by atoms with E-state index in [0.29, 0.717) is 0 Å². The Bertz CT molecular complexity index is 243. The predicted molar refractivity (Wildman–Crippen MR) is 43.4 cm³/mol. The zero-order valence-corrected chi connectivity index (χ0v) is 7.70. The summed E-state index contributed by atoms with van der Waals surface area (Å²) in [5, 5.41) is 0. The second-order valence-electron chi connectivity index (χ2n) is 4.55. The van der Waals surface area contributed by atoms with Crippen LogP contribution in [-0.2, 0) is 0 Å². The Hall–Kier alpha value is -0.320. The molecular weight excluding hydrogens is 198 g/mol. The highest BCUT2D eigenvalue weighted by Crippen LogP contribution is 2.58. The van der Waals surface area contributed by atoms with Crippen LogP contribution in [0.25, 0.3) is 0 Å². The van der Waals surface area contributed by atoms with Crippen LogP contribution in [0.2, 0.25) is 0 Å². The van der Waals surface area contributed by atoms with Gasteiger partial charge in [0.1, 0.15) is 0 Å². The van der Waals surface area contributed by atoms with Crippen molar-refractivity contribution in [1.82, 2.24) is 0 Å². The quantitative estimate of drug-likeness (QED) is 0.663. The maximum atomic E-state index is 12.8. The molecule has 0 aromatic rings. The Labute approximate surface area is 79.6 Å². The van der Waals surface area contributed by atoms with Gasteiger partial charge in [0, 0.05) is 19.3 Å². The Morgan fingerprint density at radius 3 is 1.79 bits per heavy atom. The molecule has 0 aliphatic heterocycles. The van der Waals surface area contributed by atoms with Crippen molar-refractivity contribution in [3.8, 4) is 0 Å². The third kappa shape index (κ3) is 1.42. The van der Waals surface area contributed by atoms with E-state index < -0.39 is 23.3 Å². The van der Waals surface area contributed by atoms with E-state index in [2.05, 4.69) is 0 Å². The lowest BCUT2D eigenvalue weighted by atomic mass is 9.80. The highest BCUT2D eigenvalue weighted by atomic mass is 19.3. The lowest BCUT2D eigenvalue weighted by molar-refractivity contribution is -0.0558. The number of nitrogens with two attached hydrogens (primary N) is 1. The van der Waals surface area contributed by atoms with Gasteiger partial charge in [-0.2, -0.15) is 0 Å². The maximum Gasteiger partial charge on any atom is 0.268 e. The van der Waals surface area contributed by atoms with Crippen molar-refractivity contribution in [3.05, 3.63) is 0 Å². The number of hydrogen-bond donors (Lipinski definition) is 1. The van der Waals surface area contributed by atoms with E-state index in [1.807, 2.05) is 0 Å². The molecule has 0 amide bonds. The van der Waals surface area contributed by atoms with Gasteiger partial charge in [-0.05, 0) is 18.8 Å². The first kappa shape index (κ1) is 10.2. The molecule has 0 heterocycles. The van der Waals surface area contributed by atoms with Crippen LogP contribution in [0.15, 0.2) is 0 Å². The fourth-order valence-corrected chi connectivity index (χ4v) is 2.32. The van der Waals surface area contributed by atoms with Crippen molar-refractivity contribution in [2.24, 2.45) is 11.7 Å². The zero-order chi connectivity index (χ0) is 10.6. The number of rotatable bonds is 1. The zero-order valence-electron chi connectivity index (χ0n) is 7.70. The molecule has 5 heteroatoms. The van der Waals surface area contributed by atoms with E-state index >= 15 is 0 Å². The van der Waals surface area contributed by atoms with Crippen LogP contribution in [0.1, 0.15) is 32.1 Å². The largest absolute Gasteiger partial charge is 0.320 e. The van der Waals surface area contributed by atoms with Crippen LogP contribution in [0, 0.1) is 5.92 Å². The van der Waals surface area contributed by atoms with E-state index in [4.69, 9.17) is 5.73 Å². The fraction of sp³-hybridized carbons (Fsp3) is 1.00. The molecule has 0 aromatic carbocycles. The van der Waals surface area contributed by atoms with Gasteiger partial charge in [-0.1, -0.05) is 0 Å². The number of alkyl halides is 4. The molecule has 2 rings (SSSR count). The summed E-state index contributed by atoms with van der Waals surface area (Å²) in [6.45, 7) is 0. The van der Waals surface area contributed by atoms with Gasteiger partial charge in [-0.15, -0.1) is 0 Å². The lowest BCUT2D eigenvalue weighted by Crippen LogP contribution is -2.42. The second kappa shape index (κ2) is 2.62. The number of halogens is 4. The SMILES string of the molecule is NC1(C2CCC(F)(F)CC2)CC1(F)F. The average Bonchev–Trinajstić information content (AvgIpc) is 2.51. The Morgan fingerprint density at radius 2 is 1.43 bits per heavy atom. The molecule has 0 bridgehead atoms. The van der Waals surface area contributed by atoms with Gasteiger partial charge in [0.25, 0.3) is 5.92 Å². The van der Waals surface area contributed by atoms with Crippen LogP contribution in [-0.4, -0.2) is 17.4 Å². The molecule has 2 N–H and O–H groups in total. The van der Waals surface area contributed by atoms with E-state index in [9.17, 15) is 17.6 Å². The molecule has 2 saturated carbocycles. The highest BCUT2D eigenvalue weighted by molar-refractivity contribution is 5.19. The van der Waals surface area contributed by atoms with E-state index in [1.165, 1.54) is 0 Å². The van der Waals surface area contributed by atoms with Crippen LogP contribution in [0.4, 0.5) is 17.6 Å². The van der Waals surface area contributed by atoms with Crippen molar-refractivity contribution in [3.63, 3.8) is 0 Å². The van der Waals surface area contributed by atoms with Gasteiger partial charge in [0.15, 0.2) is 0 Å². The Morgan fingerprint density at radius 1 is 1.00 bits per heavy atom. The summed E-state index contributed by atoms with van der Waals surface area (Å²) in [6.07, 6.45) is -0.687. The van der Waals surface area contributed by atoms with Gasteiger partial charge in [0.2, 0.25) is 5.92 Å². The third-order valence-electron chi connectivity index (χ3n) is 3.52. The first-order valence-electron chi connectivity index (χ1n) is 4.81. The molecule has 2 fully saturated rings. The topological polar surface area (TPSA) is 26.0 Å². The summed E-state index contributed by atoms with van der Waals surface area (Å²) in [4.78, 5) is 0. The summed E-state index contributed by atoms with van der Waals surface area (Å²) >= 11 is 0. The van der Waals surface area contributed by atoms with Crippen LogP contribution in [0.5, 0.6) is 0 Å². The molecular formula is C9H13F4N. The minimum absolute atomic E-state index is 0.124. The van der Waals surface area contributed by atoms with Crippen LogP contribution >= 0.6 is 0 Å². The van der Waals surface area contributed by atoms with Crippen molar-refractivity contribution in [1.29, 1.82) is 0 Å². The molecule has 1 nitrogen and oxygen atoms in total. The molecule has 14 heavy (non-hydrogen) atoms. The van der Waals surface area contributed by atoms with Gasteiger partial charge >= 0.3 is 0 Å². The monoisotopic (exact) mass is 211 g/mol. The summed E-state index contributed by atoms with van der Waals surface area (Å²) in [7, 11) is 0. The van der Waals surface area contributed by atoms with Gasteiger partial charge in [-0.25, -0.2) is 17.6 Å². The lowest BCUT2D eigenvalue weighted by Gasteiger charge is -2.32. The third-order valence-corrected chi connectivity index (χ3v) is 3.52. The minimum atomic E-state index is -2.83. The fourth-order valence-electron chi connectivity index (χ4n) is 2.32. The molecule has 0 saturated heterocycles. The van der Waals surface area contributed by atoms with Crippen LogP contribution < -0.4 is 5.73 Å². The standard InChI is InChI=1S/C9H13F4N/c10-7(11)3-1-6(2-4-7)8(14)5-9(8,12)13/h6H,1-5,14H2. The molecule has 0 aromatic heterocycles. The molecule has 1 atom stereocenters. The van der Waals surface area contributed by atoms with Gasteiger partial charge < -0.3 is 5.73 Å². The Kier molecular flexibility index (Phi) is 1.91. The second-order valence-corrected chi connectivity index (χ2v) is 4.55. The Balaban J connectivity index is 1.98. The summed E-state index contributed by atoms with van der Waals surface area (Å²) < 4.78 is 51.2. The first-order chi connectivity index (χ1) is 6.27. The van der Waals surface area contributed by atoms with Crippen molar-refractivity contribution in [2.45, 2.75) is 49.5 Å². The van der Waals surface area contributed by atoms with E-state index in [1.54, 1.807) is 0 Å². The van der Waals surface area contributed by atoms with Crippen LogP contribution in [0.3, 0.4) is 0 Å². The molecule has 0 radical (unpaired) electrons. The molecule has 2 aliphatic carbocycles. The first-order valence-corrected chi connectivity index (χ1v) is 4.81. The molecule has 2 aliphatic rings. The van der Waals surface area contributed by atoms with Gasteiger partial charge in [0.05, 0.1) is 5.54 Å². The summed E-state index contributed by atoms with van der Waals surface area (Å²) in [5.74, 6) is -5.93. The van der Waals surface area contributed by atoms with Gasteiger partial charge in [-0.3, -0.25) is 0 Å². The molecule has 0 spiro atoms. The van der Waals surface area contributed by atoms with E-state index in [0.717, 1.165) is 0 Å². The normalized spacial score (nSPS) is 40.9. The number of hydrogen-bond acceptors (Lipinski definition) is 1. The van der Waals surface area contributed by atoms with Crippen molar-refractivity contribution < 1.29 is 17.6 Å². The minimum Gasteiger partial charge on any atom is -0.320 e. The summed E-state index contributed by atoms with van der Waals surface area (Å²) in [5.41, 5.74) is 4.01. The van der Waals surface area contributed by atoms with Crippen molar-refractivity contribution >= 4 is 0 Å². The van der Waals surface area contributed by atoms with Crippen molar-refractivity contribution in [2.75, 3.05) is 0 Å².